The topological polar surface area (TPSA) is 49.4 Å². The number of carbonyl (C=O) groups excluding carboxylic acids is 2. The summed E-state index contributed by atoms with van der Waals surface area (Å²) in [5.41, 5.74) is 0. The Morgan fingerprint density at radius 3 is 2.33 bits per heavy atom. The summed E-state index contributed by atoms with van der Waals surface area (Å²) in [5, 5.41) is 2.90. The zero-order valence-electron chi connectivity index (χ0n) is 12.9. The molecule has 4 bridgehead atoms. The van der Waals surface area contributed by atoms with Crippen LogP contribution in [-0.4, -0.2) is 35.8 Å². The summed E-state index contributed by atoms with van der Waals surface area (Å²) in [5.74, 6) is 3.56. The summed E-state index contributed by atoms with van der Waals surface area (Å²) in [6, 6.07) is -0.233. The minimum Gasteiger partial charge on any atom is -0.353 e. The van der Waals surface area contributed by atoms with Gasteiger partial charge in [0, 0.05) is 19.0 Å². The fourth-order valence-corrected chi connectivity index (χ4v) is 5.90. The van der Waals surface area contributed by atoms with Crippen LogP contribution in [0.2, 0.25) is 0 Å². The molecule has 0 aromatic carbocycles. The largest absolute Gasteiger partial charge is 0.353 e. The molecule has 1 unspecified atom stereocenters. The lowest BCUT2D eigenvalue weighted by molar-refractivity contribution is -0.156. The van der Waals surface area contributed by atoms with Crippen molar-refractivity contribution >= 4 is 11.8 Å². The number of nitrogens with zero attached hydrogens (tertiary/aromatic N) is 1. The molecule has 1 N–H and O–H groups in total. The van der Waals surface area contributed by atoms with Crippen LogP contribution < -0.4 is 5.32 Å². The van der Waals surface area contributed by atoms with Crippen molar-refractivity contribution in [3.05, 3.63) is 0 Å². The third-order valence-corrected chi connectivity index (χ3v) is 6.51. The molecule has 0 spiro atoms. The molecular weight excluding hydrogens is 264 g/mol. The Balaban J connectivity index is 1.55. The van der Waals surface area contributed by atoms with Crippen LogP contribution in [0, 0.1) is 29.6 Å². The maximum atomic E-state index is 13.1. The van der Waals surface area contributed by atoms with E-state index in [-0.39, 0.29) is 17.9 Å². The molecule has 0 radical (unpaired) electrons. The second kappa shape index (κ2) is 4.99. The lowest BCUT2D eigenvalue weighted by Crippen LogP contribution is -2.61. The molecule has 21 heavy (non-hydrogen) atoms. The quantitative estimate of drug-likeness (QED) is 0.843. The number of amides is 2. The molecule has 4 nitrogen and oxygen atoms in total. The predicted molar refractivity (Wildman–Crippen MR) is 79.3 cm³/mol. The Morgan fingerprint density at radius 1 is 1.14 bits per heavy atom. The monoisotopic (exact) mass is 290 g/mol. The first-order valence-electron chi connectivity index (χ1n) is 8.75. The lowest BCUT2D eigenvalue weighted by atomic mass is 9.51. The van der Waals surface area contributed by atoms with Gasteiger partial charge in [-0.2, -0.15) is 0 Å². The normalized spacial score (nSPS) is 44.8. The van der Waals surface area contributed by atoms with Gasteiger partial charge in [0.25, 0.3) is 0 Å². The van der Waals surface area contributed by atoms with Crippen LogP contribution >= 0.6 is 0 Å². The highest BCUT2D eigenvalue weighted by atomic mass is 16.2. The molecule has 5 rings (SSSR count). The van der Waals surface area contributed by atoms with Gasteiger partial charge in [0.05, 0.1) is 0 Å². The molecule has 2 amide bonds. The Kier molecular flexibility index (Phi) is 3.23. The van der Waals surface area contributed by atoms with E-state index in [4.69, 9.17) is 0 Å². The van der Waals surface area contributed by atoms with Crippen LogP contribution in [-0.2, 0) is 9.59 Å². The van der Waals surface area contributed by atoms with Crippen LogP contribution in [0.5, 0.6) is 0 Å². The molecule has 4 saturated carbocycles. The Labute approximate surface area is 126 Å². The van der Waals surface area contributed by atoms with Gasteiger partial charge in [0.15, 0.2) is 0 Å². The lowest BCUT2D eigenvalue weighted by Gasteiger charge is -2.55. The zero-order chi connectivity index (χ0) is 14.6. The van der Waals surface area contributed by atoms with Crippen LogP contribution in [0.3, 0.4) is 0 Å². The SMILES string of the molecule is CCC1C(=O)NCCN1C(=O)C1C2CC3CC(C2)CC1C3. The minimum atomic E-state index is -0.233. The van der Waals surface area contributed by atoms with E-state index < -0.39 is 0 Å². The average Bonchev–Trinajstić information content (AvgIpc) is 2.45. The Morgan fingerprint density at radius 2 is 1.76 bits per heavy atom. The van der Waals surface area contributed by atoms with Crippen molar-refractivity contribution in [2.24, 2.45) is 29.6 Å². The fraction of sp³-hybridized carbons (Fsp3) is 0.882. The highest BCUT2D eigenvalue weighted by molar-refractivity contribution is 5.90. The van der Waals surface area contributed by atoms with Crippen molar-refractivity contribution < 1.29 is 9.59 Å². The molecule has 0 aromatic rings. The number of rotatable bonds is 2. The van der Waals surface area contributed by atoms with E-state index in [9.17, 15) is 9.59 Å². The van der Waals surface area contributed by atoms with Gasteiger partial charge in [0.1, 0.15) is 6.04 Å². The van der Waals surface area contributed by atoms with Crippen LogP contribution in [0.4, 0.5) is 0 Å². The van der Waals surface area contributed by atoms with Gasteiger partial charge in [0.2, 0.25) is 11.8 Å². The van der Waals surface area contributed by atoms with Crippen molar-refractivity contribution in [2.75, 3.05) is 13.1 Å². The number of carbonyl (C=O) groups is 2. The first kappa shape index (κ1) is 13.6. The second-order valence-corrected chi connectivity index (χ2v) is 7.70. The first-order chi connectivity index (χ1) is 10.2. The molecular formula is C17H26N2O2. The molecule has 4 heteroatoms. The zero-order valence-corrected chi connectivity index (χ0v) is 12.9. The smallest absolute Gasteiger partial charge is 0.242 e. The number of piperazine rings is 1. The molecule has 4 aliphatic carbocycles. The van der Waals surface area contributed by atoms with E-state index in [1.165, 1.54) is 32.1 Å². The van der Waals surface area contributed by atoms with Gasteiger partial charge < -0.3 is 10.2 Å². The highest BCUT2D eigenvalue weighted by Gasteiger charge is 2.52. The van der Waals surface area contributed by atoms with Crippen molar-refractivity contribution in [2.45, 2.75) is 51.5 Å². The van der Waals surface area contributed by atoms with Gasteiger partial charge in [-0.1, -0.05) is 6.92 Å². The molecule has 1 atom stereocenters. The Hall–Kier alpha value is -1.06. The van der Waals surface area contributed by atoms with Crippen molar-refractivity contribution in [1.82, 2.24) is 10.2 Å². The van der Waals surface area contributed by atoms with Crippen molar-refractivity contribution in [1.29, 1.82) is 0 Å². The summed E-state index contributed by atoms with van der Waals surface area (Å²) in [6.45, 7) is 3.33. The summed E-state index contributed by atoms with van der Waals surface area (Å²) in [7, 11) is 0. The van der Waals surface area contributed by atoms with Gasteiger partial charge in [-0.3, -0.25) is 9.59 Å². The second-order valence-electron chi connectivity index (χ2n) is 7.70. The molecule has 0 aromatic heterocycles. The standard InChI is InChI=1S/C17H26N2O2/c1-2-14-16(20)18-3-4-19(14)17(21)15-12-6-10-5-11(8-12)9-13(15)7-10/h10-15H,2-9H2,1H3,(H,18,20). The predicted octanol–water partition coefficient (Wildman–Crippen LogP) is 1.80. The number of hydrogen-bond acceptors (Lipinski definition) is 2. The van der Waals surface area contributed by atoms with E-state index in [1.807, 2.05) is 11.8 Å². The summed E-state index contributed by atoms with van der Waals surface area (Å²) >= 11 is 0. The maximum absolute atomic E-state index is 13.1. The molecule has 5 aliphatic rings. The van der Waals surface area contributed by atoms with E-state index in [2.05, 4.69) is 5.32 Å². The van der Waals surface area contributed by atoms with Crippen LogP contribution in [0.15, 0.2) is 0 Å². The number of hydrogen-bond donors (Lipinski definition) is 1. The highest BCUT2D eigenvalue weighted by Crippen LogP contribution is 2.57. The van der Waals surface area contributed by atoms with E-state index >= 15 is 0 Å². The molecule has 1 saturated heterocycles. The van der Waals surface area contributed by atoms with E-state index in [1.54, 1.807) is 0 Å². The summed E-state index contributed by atoms with van der Waals surface area (Å²) < 4.78 is 0. The van der Waals surface area contributed by atoms with Crippen LogP contribution in [0.1, 0.15) is 45.4 Å². The maximum Gasteiger partial charge on any atom is 0.242 e. The molecule has 1 heterocycles. The summed E-state index contributed by atoms with van der Waals surface area (Å²) in [6.07, 6.45) is 7.20. The van der Waals surface area contributed by atoms with Gasteiger partial charge in [-0.05, 0) is 62.2 Å². The van der Waals surface area contributed by atoms with Gasteiger partial charge >= 0.3 is 0 Å². The van der Waals surface area contributed by atoms with Gasteiger partial charge in [-0.15, -0.1) is 0 Å². The minimum absolute atomic E-state index is 0.0425. The third kappa shape index (κ3) is 2.09. The van der Waals surface area contributed by atoms with E-state index in [0.717, 1.165) is 18.3 Å². The van der Waals surface area contributed by atoms with Crippen molar-refractivity contribution in [3.63, 3.8) is 0 Å². The Bertz CT molecular complexity index is 434. The third-order valence-electron chi connectivity index (χ3n) is 6.51. The van der Waals surface area contributed by atoms with Gasteiger partial charge in [-0.25, -0.2) is 0 Å². The fourth-order valence-electron chi connectivity index (χ4n) is 5.90. The molecule has 1 aliphatic heterocycles. The average molecular weight is 290 g/mol. The first-order valence-corrected chi connectivity index (χ1v) is 8.75. The summed E-state index contributed by atoms with van der Waals surface area (Å²) in [4.78, 5) is 27.1. The number of nitrogens with one attached hydrogen (secondary N) is 1. The van der Waals surface area contributed by atoms with E-state index in [0.29, 0.717) is 30.8 Å². The molecule has 5 fully saturated rings. The molecule has 116 valence electrons. The van der Waals surface area contributed by atoms with Crippen LogP contribution in [0.25, 0.3) is 0 Å². The van der Waals surface area contributed by atoms with Crippen molar-refractivity contribution in [3.8, 4) is 0 Å².